The summed E-state index contributed by atoms with van der Waals surface area (Å²) in [6.07, 6.45) is 5.45. The summed E-state index contributed by atoms with van der Waals surface area (Å²) >= 11 is 2.29. The van der Waals surface area contributed by atoms with Crippen LogP contribution in [-0.4, -0.2) is 11.2 Å². The van der Waals surface area contributed by atoms with Gasteiger partial charge in [-0.05, 0) is 69.6 Å². The van der Waals surface area contributed by atoms with Crippen molar-refractivity contribution in [3.8, 4) is 11.1 Å². The van der Waals surface area contributed by atoms with Gasteiger partial charge in [-0.3, -0.25) is 10.4 Å². The topological polar surface area (TPSA) is 37.3 Å². The van der Waals surface area contributed by atoms with Crippen molar-refractivity contribution in [2.45, 2.75) is 0 Å². The molecule has 1 aromatic heterocycles. The summed E-state index contributed by atoms with van der Waals surface area (Å²) in [7, 11) is 0. The van der Waals surface area contributed by atoms with Crippen LogP contribution < -0.4 is 5.43 Å². The SMILES string of the molecule is Ic1ccc(C=NNc2ccc(-c3cccnc3)cc2)cc1. The molecule has 4 heteroatoms. The Labute approximate surface area is 143 Å². The molecule has 108 valence electrons. The highest BCUT2D eigenvalue weighted by atomic mass is 127. The molecule has 1 heterocycles. The van der Waals surface area contributed by atoms with Crippen LogP contribution >= 0.6 is 22.6 Å². The number of anilines is 1. The predicted octanol–water partition coefficient (Wildman–Crippen LogP) is 4.80. The molecule has 0 saturated heterocycles. The maximum atomic E-state index is 4.25. The molecule has 0 bridgehead atoms. The van der Waals surface area contributed by atoms with Gasteiger partial charge in [-0.1, -0.05) is 30.3 Å². The first-order valence-electron chi connectivity index (χ1n) is 6.86. The molecule has 0 fully saturated rings. The fourth-order valence-electron chi connectivity index (χ4n) is 2.00. The molecule has 1 N–H and O–H groups in total. The van der Waals surface area contributed by atoms with Crippen LogP contribution in [0.2, 0.25) is 0 Å². The second-order valence-electron chi connectivity index (χ2n) is 4.74. The number of nitrogens with one attached hydrogen (secondary N) is 1. The predicted molar refractivity (Wildman–Crippen MR) is 100 cm³/mol. The van der Waals surface area contributed by atoms with E-state index < -0.39 is 0 Å². The summed E-state index contributed by atoms with van der Waals surface area (Å²) in [6.45, 7) is 0. The van der Waals surface area contributed by atoms with Gasteiger partial charge >= 0.3 is 0 Å². The Kier molecular flexibility index (Phi) is 4.80. The van der Waals surface area contributed by atoms with Gasteiger partial charge in [-0.25, -0.2) is 0 Å². The first-order valence-corrected chi connectivity index (χ1v) is 7.94. The van der Waals surface area contributed by atoms with E-state index in [-0.39, 0.29) is 0 Å². The van der Waals surface area contributed by atoms with Crippen LogP contribution in [0.25, 0.3) is 11.1 Å². The highest BCUT2D eigenvalue weighted by molar-refractivity contribution is 14.1. The molecule has 3 rings (SSSR count). The zero-order valence-electron chi connectivity index (χ0n) is 11.8. The van der Waals surface area contributed by atoms with Gasteiger partial charge < -0.3 is 0 Å². The number of benzene rings is 2. The number of nitrogens with zero attached hydrogens (tertiary/aromatic N) is 2. The number of pyridine rings is 1. The van der Waals surface area contributed by atoms with Gasteiger partial charge in [0.2, 0.25) is 0 Å². The highest BCUT2D eigenvalue weighted by Crippen LogP contribution is 2.20. The van der Waals surface area contributed by atoms with Gasteiger partial charge in [0.25, 0.3) is 0 Å². The van der Waals surface area contributed by atoms with Crippen molar-refractivity contribution in [1.82, 2.24) is 4.98 Å². The third-order valence-electron chi connectivity index (χ3n) is 3.16. The molecular weight excluding hydrogens is 385 g/mol. The molecule has 22 heavy (non-hydrogen) atoms. The standard InChI is InChI=1S/C18H14IN3/c19-17-7-3-14(4-8-17)12-21-22-18-9-5-15(6-10-18)16-2-1-11-20-13-16/h1-13,22H. The lowest BCUT2D eigenvalue weighted by atomic mass is 10.1. The van der Waals surface area contributed by atoms with Gasteiger partial charge in [0.05, 0.1) is 11.9 Å². The third kappa shape index (κ3) is 3.92. The van der Waals surface area contributed by atoms with Gasteiger partial charge in [0.1, 0.15) is 0 Å². The van der Waals surface area contributed by atoms with Crippen molar-refractivity contribution in [1.29, 1.82) is 0 Å². The molecule has 0 aliphatic carbocycles. The van der Waals surface area contributed by atoms with Crippen molar-refractivity contribution in [3.05, 3.63) is 82.2 Å². The lowest BCUT2D eigenvalue weighted by molar-refractivity contribution is 1.32. The van der Waals surface area contributed by atoms with Crippen LogP contribution in [0.5, 0.6) is 0 Å². The first kappa shape index (κ1) is 14.7. The quantitative estimate of drug-likeness (QED) is 0.389. The average Bonchev–Trinajstić information content (AvgIpc) is 2.58. The Bertz CT molecular complexity index is 751. The van der Waals surface area contributed by atoms with E-state index in [1.54, 1.807) is 6.20 Å². The fourth-order valence-corrected chi connectivity index (χ4v) is 2.36. The van der Waals surface area contributed by atoms with Crippen LogP contribution in [0.3, 0.4) is 0 Å². The Balaban J connectivity index is 1.65. The van der Waals surface area contributed by atoms with E-state index in [1.165, 1.54) is 3.57 Å². The summed E-state index contributed by atoms with van der Waals surface area (Å²) in [6, 6.07) is 20.3. The van der Waals surface area contributed by atoms with E-state index >= 15 is 0 Å². The maximum Gasteiger partial charge on any atom is 0.0562 e. The molecule has 3 aromatic rings. The minimum absolute atomic E-state index is 0.953. The van der Waals surface area contributed by atoms with E-state index in [9.17, 15) is 0 Å². The second-order valence-corrected chi connectivity index (χ2v) is 5.99. The largest absolute Gasteiger partial charge is 0.279 e. The number of hydrogen-bond acceptors (Lipinski definition) is 3. The Morgan fingerprint density at radius 2 is 1.68 bits per heavy atom. The van der Waals surface area contributed by atoms with Crippen LogP contribution in [0, 0.1) is 3.57 Å². The van der Waals surface area contributed by atoms with Gasteiger partial charge in [0, 0.05) is 16.0 Å². The molecule has 3 nitrogen and oxygen atoms in total. The molecule has 0 aliphatic rings. The lowest BCUT2D eigenvalue weighted by Gasteiger charge is -2.03. The van der Waals surface area contributed by atoms with Crippen molar-refractivity contribution in [2.75, 3.05) is 5.43 Å². The van der Waals surface area contributed by atoms with Crippen molar-refractivity contribution >= 4 is 34.5 Å². The summed E-state index contributed by atoms with van der Waals surface area (Å²) < 4.78 is 1.22. The molecule has 0 saturated carbocycles. The highest BCUT2D eigenvalue weighted by Gasteiger charge is 1.97. The number of aromatic nitrogens is 1. The van der Waals surface area contributed by atoms with Crippen molar-refractivity contribution < 1.29 is 0 Å². The minimum Gasteiger partial charge on any atom is -0.279 e. The minimum atomic E-state index is 0.953. The van der Waals surface area contributed by atoms with Gasteiger partial charge in [-0.15, -0.1) is 0 Å². The van der Waals surface area contributed by atoms with Crippen LogP contribution in [0.4, 0.5) is 5.69 Å². The molecule has 0 unspecified atom stereocenters. The number of halogens is 1. The zero-order chi connectivity index (χ0) is 15.2. The molecule has 0 radical (unpaired) electrons. The van der Waals surface area contributed by atoms with Crippen molar-refractivity contribution in [3.63, 3.8) is 0 Å². The normalized spacial score (nSPS) is 10.8. The summed E-state index contributed by atoms with van der Waals surface area (Å²) in [5.74, 6) is 0. The van der Waals surface area contributed by atoms with E-state index in [0.717, 1.165) is 22.4 Å². The maximum absolute atomic E-state index is 4.25. The third-order valence-corrected chi connectivity index (χ3v) is 3.88. The van der Waals surface area contributed by atoms with Gasteiger partial charge in [-0.2, -0.15) is 5.10 Å². The summed E-state index contributed by atoms with van der Waals surface area (Å²) in [5, 5.41) is 4.25. The zero-order valence-corrected chi connectivity index (χ0v) is 13.9. The summed E-state index contributed by atoms with van der Waals surface area (Å²) in [4.78, 5) is 4.13. The number of hydrogen-bond donors (Lipinski definition) is 1. The van der Waals surface area contributed by atoms with E-state index in [4.69, 9.17) is 0 Å². The molecule has 2 aromatic carbocycles. The summed E-state index contributed by atoms with van der Waals surface area (Å²) in [5.41, 5.74) is 7.31. The molecule has 0 amide bonds. The Morgan fingerprint density at radius 3 is 2.36 bits per heavy atom. The Hall–Kier alpha value is -2.21. The van der Waals surface area contributed by atoms with E-state index in [1.807, 2.05) is 48.8 Å². The van der Waals surface area contributed by atoms with Gasteiger partial charge in [0.15, 0.2) is 0 Å². The Morgan fingerprint density at radius 1 is 0.909 bits per heavy atom. The smallest absolute Gasteiger partial charge is 0.0562 e. The second kappa shape index (κ2) is 7.17. The van der Waals surface area contributed by atoms with Crippen LogP contribution in [-0.2, 0) is 0 Å². The molecular formula is C18H14IN3. The fraction of sp³-hybridized carbons (Fsp3) is 0. The van der Waals surface area contributed by atoms with E-state index in [2.05, 4.69) is 62.4 Å². The molecule has 0 aliphatic heterocycles. The van der Waals surface area contributed by atoms with Crippen molar-refractivity contribution in [2.24, 2.45) is 5.10 Å². The lowest BCUT2D eigenvalue weighted by Crippen LogP contribution is -1.90. The molecule has 0 spiro atoms. The van der Waals surface area contributed by atoms with Crippen LogP contribution in [0.15, 0.2) is 78.2 Å². The monoisotopic (exact) mass is 399 g/mol. The van der Waals surface area contributed by atoms with Crippen LogP contribution in [0.1, 0.15) is 5.56 Å². The number of hydrazone groups is 1. The molecule has 0 atom stereocenters. The number of rotatable bonds is 4. The average molecular weight is 399 g/mol. The van der Waals surface area contributed by atoms with E-state index in [0.29, 0.717) is 0 Å². The first-order chi connectivity index (χ1) is 10.8.